The summed E-state index contributed by atoms with van der Waals surface area (Å²) in [5.41, 5.74) is 2.08. The molecule has 0 aliphatic rings. The average Bonchev–Trinajstić information content (AvgIpc) is 3.11. The van der Waals surface area contributed by atoms with Crippen LogP contribution in [0.5, 0.6) is 5.75 Å². The van der Waals surface area contributed by atoms with Gasteiger partial charge in [0.15, 0.2) is 5.82 Å². The topological polar surface area (TPSA) is 124 Å². The Morgan fingerprint density at radius 3 is 2.36 bits per heavy atom. The molecule has 3 rings (SSSR count). The standard InChI is InChI=1S/C23H28N6O3S/c1-15(30)25-21(31)26-20(16-8-6-5-7-9-16)33-22-28-27-19(29(22)24)14-32-18-12-10-17(11-13-18)23(2,3)4/h5-13,20H,14,24H2,1-4H3,(H2,25,26,30,31)/t20-/m1/s1. The third-order valence-corrected chi connectivity index (χ3v) is 5.82. The second-order valence-electron chi connectivity index (χ2n) is 8.40. The van der Waals surface area contributed by atoms with E-state index in [1.807, 2.05) is 54.6 Å². The SMILES string of the molecule is CC(=O)NC(=O)N[C@H](Sc1nnc(COc2ccc(C(C)(C)C)cc2)n1N)c1ccccc1. The Kier molecular flexibility index (Phi) is 7.59. The van der Waals surface area contributed by atoms with Crippen molar-refractivity contribution in [3.05, 3.63) is 71.5 Å². The molecule has 0 aliphatic carbocycles. The molecule has 0 aliphatic heterocycles. The molecule has 1 aromatic heterocycles. The van der Waals surface area contributed by atoms with E-state index in [-0.39, 0.29) is 12.0 Å². The Balaban J connectivity index is 1.69. The fourth-order valence-electron chi connectivity index (χ4n) is 2.91. The summed E-state index contributed by atoms with van der Waals surface area (Å²) in [5.74, 6) is 6.86. The molecule has 3 amide bonds. The summed E-state index contributed by atoms with van der Waals surface area (Å²) >= 11 is 1.20. The predicted octanol–water partition coefficient (Wildman–Crippen LogP) is 3.51. The van der Waals surface area contributed by atoms with E-state index in [1.165, 1.54) is 28.9 Å². The molecule has 0 saturated carbocycles. The molecule has 174 valence electrons. The number of carbonyl (C=O) groups excluding carboxylic acids is 2. The van der Waals surface area contributed by atoms with Crippen LogP contribution in [0.2, 0.25) is 0 Å². The summed E-state index contributed by atoms with van der Waals surface area (Å²) in [6.45, 7) is 7.86. The number of imide groups is 1. The summed E-state index contributed by atoms with van der Waals surface area (Å²) < 4.78 is 7.15. The molecule has 0 spiro atoms. The lowest BCUT2D eigenvalue weighted by Crippen LogP contribution is -2.39. The summed E-state index contributed by atoms with van der Waals surface area (Å²) in [6, 6.07) is 16.6. The van der Waals surface area contributed by atoms with Gasteiger partial charge < -0.3 is 15.9 Å². The number of aromatic nitrogens is 3. The summed E-state index contributed by atoms with van der Waals surface area (Å²) in [6.07, 6.45) is 0. The highest BCUT2D eigenvalue weighted by atomic mass is 32.2. The van der Waals surface area contributed by atoms with Crippen LogP contribution >= 0.6 is 11.8 Å². The highest BCUT2D eigenvalue weighted by Crippen LogP contribution is 2.32. The molecule has 1 atom stereocenters. The van der Waals surface area contributed by atoms with Gasteiger partial charge in [-0.1, -0.05) is 75.0 Å². The summed E-state index contributed by atoms with van der Waals surface area (Å²) in [5, 5.41) is 13.1. The molecule has 0 unspecified atom stereocenters. The number of urea groups is 1. The quantitative estimate of drug-likeness (QED) is 0.275. The van der Waals surface area contributed by atoms with Gasteiger partial charge in [-0.05, 0) is 28.7 Å². The monoisotopic (exact) mass is 468 g/mol. The molecule has 9 nitrogen and oxygen atoms in total. The first-order valence-electron chi connectivity index (χ1n) is 10.4. The molecule has 0 radical (unpaired) electrons. The molecule has 3 aromatic rings. The van der Waals surface area contributed by atoms with E-state index in [9.17, 15) is 9.59 Å². The maximum atomic E-state index is 12.1. The number of hydrogen-bond donors (Lipinski definition) is 3. The van der Waals surface area contributed by atoms with Gasteiger partial charge in [-0.15, -0.1) is 10.2 Å². The van der Waals surface area contributed by atoms with Crippen LogP contribution in [0.3, 0.4) is 0 Å². The summed E-state index contributed by atoms with van der Waals surface area (Å²) in [4.78, 5) is 23.3. The van der Waals surface area contributed by atoms with Crippen LogP contribution in [0.1, 0.15) is 50.0 Å². The van der Waals surface area contributed by atoms with E-state index in [1.54, 1.807) is 0 Å². The van der Waals surface area contributed by atoms with Gasteiger partial charge in [-0.2, -0.15) is 0 Å². The number of hydrogen-bond acceptors (Lipinski definition) is 7. The Bertz CT molecular complexity index is 1090. The first-order valence-corrected chi connectivity index (χ1v) is 11.2. The maximum absolute atomic E-state index is 12.1. The first-order chi connectivity index (χ1) is 15.6. The van der Waals surface area contributed by atoms with E-state index in [0.717, 1.165) is 5.56 Å². The minimum atomic E-state index is -0.616. The van der Waals surface area contributed by atoms with Crippen molar-refractivity contribution in [1.29, 1.82) is 0 Å². The van der Waals surface area contributed by atoms with Crippen molar-refractivity contribution in [1.82, 2.24) is 25.5 Å². The molecule has 0 fully saturated rings. The fourth-order valence-corrected chi connectivity index (χ4v) is 3.89. The molecular weight excluding hydrogens is 440 g/mol. The zero-order chi connectivity index (χ0) is 24.0. The van der Waals surface area contributed by atoms with E-state index < -0.39 is 17.3 Å². The van der Waals surface area contributed by atoms with E-state index in [2.05, 4.69) is 41.6 Å². The molecule has 2 aromatic carbocycles. The van der Waals surface area contributed by atoms with Crippen LogP contribution in [0.25, 0.3) is 0 Å². The molecule has 0 saturated heterocycles. The minimum absolute atomic E-state index is 0.0622. The van der Waals surface area contributed by atoms with Crippen molar-refractivity contribution < 1.29 is 14.3 Å². The van der Waals surface area contributed by atoms with Gasteiger partial charge in [0.1, 0.15) is 17.7 Å². The molecule has 33 heavy (non-hydrogen) atoms. The number of nitrogens with one attached hydrogen (secondary N) is 2. The van der Waals surface area contributed by atoms with Crippen molar-refractivity contribution in [2.45, 2.75) is 50.2 Å². The van der Waals surface area contributed by atoms with Gasteiger partial charge in [0.05, 0.1) is 0 Å². The molecule has 1 heterocycles. The second kappa shape index (κ2) is 10.4. The lowest BCUT2D eigenvalue weighted by molar-refractivity contribution is -0.117. The Morgan fingerprint density at radius 1 is 1.09 bits per heavy atom. The largest absolute Gasteiger partial charge is 0.486 e. The predicted molar refractivity (Wildman–Crippen MR) is 127 cm³/mol. The van der Waals surface area contributed by atoms with Crippen LogP contribution in [0.4, 0.5) is 4.79 Å². The van der Waals surface area contributed by atoms with Crippen molar-refractivity contribution in [2.75, 3.05) is 5.84 Å². The van der Waals surface area contributed by atoms with E-state index >= 15 is 0 Å². The van der Waals surface area contributed by atoms with Crippen LogP contribution < -0.4 is 21.2 Å². The van der Waals surface area contributed by atoms with Crippen LogP contribution in [-0.4, -0.2) is 26.8 Å². The summed E-state index contributed by atoms with van der Waals surface area (Å²) in [7, 11) is 0. The number of nitrogens with zero attached hydrogens (tertiary/aromatic N) is 3. The van der Waals surface area contributed by atoms with Crippen LogP contribution in [-0.2, 0) is 16.8 Å². The van der Waals surface area contributed by atoms with Crippen molar-refractivity contribution in [3.8, 4) is 5.75 Å². The Hall–Kier alpha value is -3.53. The third kappa shape index (κ3) is 6.72. The number of carbonyl (C=O) groups is 2. The van der Waals surface area contributed by atoms with E-state index in [4.69, 9.17) is 10.6 Å². The lowest BCUT2D eigenvalue weighted by atomic mass is 9.87. The number of rotatable bonds is 7. The molecule has 4 N–H and O–H groups in total. The van der Waals surface area contributed by atoms with E-state index in [0.29, 0.717) is 16.7 Å². The number of benzene rings is 2. The van der Waals surface area contributed by atoms with Crippen molar-refractivity contribution >= 4 is 23.7 Å². The number of nitrogen functional groups attached to an aromatic ring is 1. The second-order valence-corrected chi connectivity index (χ2v) is 9.47. The number of ether oxygens (including phenoxy) is 1. The van der Waals surface area contributed by atoms with Gasteiger partial charge in [0, 0.05) is 6.92 Å². The number of thioether (sulfide) groups is 1. The Morgan fingerprint density at radius 2 is 1.76 bits per heavy atom. The van der Waals surface area contributed by atoms with Crippen LogP contribution in [0, 0.1) is 0 Å². The van der Waals surface area contributed by atoms with Gasteiger partial charge in [0.2, 0.25) is 11.1 Å². The molecule has 0 bridgehead atoms. The fraction of sp³-hybridized carbons (Fsp3) is 0.304. The van der Waals surface area contributed by atoms with Crippen molar-refractivity contribution in [2.24, 2.45) is 0 Å². The van der Waals surface area contributed by atoms with Crippen molar-refractivity contribution in [3.63, 3.8) is 0 Å². The highest BCUT2D eigenvalue weighted by Gasteiger charge is 2.21. The van der Waals surface area contributed by atoms with Gasteiger partial charge in [-0.3, -0.25) is 10.1 Å². The minimum Gasteiger partial charge on any atom is -0.486 e. The molecular formula is C23H28N6O3S. The zero-order valence-electron chi connectivity index (χ0n) is 19.0. The molecule has 10 heteroatoms. The number of nitrogens with two attached hydrogens (primary N) is 1. The lowest BCUT2D eigenvalue weighted by Gasteiger charge is -2.19. The van der Waals surface area contributed by atoms with Gasteiger partial charge >= 0.3 is 6.03 Å². The highest BCUT2D eigenvalue weighted by molar-refractivity contribution is 7.99. The maximum Gasteiger partial charge on any atom is 0.322 e. The average molecular weight is 469 g/mol. The Labute approximate surface area is 197 Å². The first kappa shape index (κ1) is 24.1. The van der Waals surface area contributed by atoms with Gasteiger partial charge in [-0.25, -0.2) is 9.47 Å². The third-order valence-electron chi connectivity index (χ3n) is 4.70. The normalized spacial score (nSPS) is 12.1. The van der Waals surface area contributed by atoms with Gasteiger partial charge in [0.25, 0.3) is 0 Å². The van der Waals surface area contributed by atoms with Crippen LogP contribution in [0.15, 0.2) is 59.8 Å². The number of amides is 3. The zero-order valence-corrected chi connectivity index (χ0v) is 19.8. The smallest absolute Gasteiger partial charge is 0.322 e.